The molecule has 0 fully saturated rings. The minimum absolute atomic E-state index is 0.406. The predicted molar refractivity (Wildman–Crippen MR) is 92.8 cm³/mol. The van der Waals surface area contributed by atoms with Crippen LogP contribution in [0.25, 0.3) is 0 Å². The van der Waals surface area contributed by atoms with Crippen LogP contribution in [0.3, 0.4) is 0 Å². The van der Waals surface area contributed by atoms with Crippen molar-refractivity contribution in [3.8, 4) is 0 Å². The van der Waals surface area contributed by atoms with Crippen molar-refractivity contribution in [3.63, 3.8) is 0 Å². The lowest BCUT2D eigenvalue weighted by atomic mass is 10.0. The van der Waals surface area contributed by atoms with E-state index in [1.54, 1.807) is 0 Å². The van der Waals surface area contributed by atoms with E-state index in [0.29, 0.717) is 6.10 Å². The van der Waals surface area contributed by atoms with Crippen LogP contribution in [0, 0.1) is 0 Å². The van der Waals surface area contributed by atoms with Crippen LogP contribution >= 0.6 is 0 Å². The van der Waals surface area contributed by atoms with E-state index in [2.05, 4.69) is 44.2 Å². The smallest absolute Gasteiger partial charge is 0.0615 e. The summed E-state index contributed by atoms with van der Waals surface area (Å²) in [5.74, 6) is 0. The molecular formula is C20H34O. The Balaban J connectivity index is 2.20. The minimum atomic E-state index is 0.406. The van der Waals surface area contributed by atoms with E-state index in [1.807, 2.05) is 0 Å². The fourth-order valence-electron chi connectivity index (χ4n) is 2.73. The monoisotopic (exact) mass is 290 g/mol. The van der Waals surface area contributed by atoms with Gasteiger partial charge in [0.15, 0.2) is 0 Å². The molecule has 1 heteroatoms. The van der Waals surface area contributed by atoms with Crippen molar-refractivity contribution in [1.82, 2.24) is 0 Å². The summed E-state index contributed by atoms with van der Waals surface area (Å²) in [6, 6.07) is 10.8. The normalized spacial score (nSPS) is 12.5. The Labute approximate surface area is 132 Å². The lowest BCUT2D eigenvalue weighted by Gasteiger charge is -2.18. The fourth-order valence-corrected chi connectivity index (χ4v) is 2.73. The average Bonchev–Trinajstić information content (AvgIpc) is 2.52. The van der Waals surface area contributed by atoms with E-state index in [9.17, 15) is 0 Å². The second-order valence-corrected chi connectivity index (χ2v) is 6.09. The highest BCUT2D eigenvalue weighted by Crippen LogP contribution is 2.15. The van der Waals surface area contributed by atoms with Gasteiger partial charge in [0.1, 0.15) is 0 Å². The van der Waals surface area contributed by atoms with E-state index in [0.717, 1.165) is 19.4 Å². The van der Waals surface area contributed by atoms with Gasteiger partial charge in [-0.05, 0) is 24.8 Å². The molecule has 1 aromatic carbocycles. The topological polar surface area (TPSA) is 9.23 Å². The maximum atomic E-state index is 6.04. The van der Waals surface area contributed by atoms with Crippen LogP contribution in [0.15, 0.2) is 30.3 Å². The summed E-state index contributed by atoms with van der Waals surface area (Å²) in [6.07, 6.45) is 13.4. The molecule has 1 unspecified atom stereocenters. The summed E-state index contributed by atoms with van der Waals surface area (Å²) in [4.78, 5) is 0. The SMILES string of the molecule is CCCCCCCCCC(Cc1ccccc1)OCCC. The lowest BCUT2D eigenvalue weighted by molar-refractivity contribution is 0.0463. The number of hydrogen-bond donors (Lipinski definition) is 0. The molecule has 0 spiro atoms. The van der Waals surface area contributed by atoms with E-state index < -0.39 is 0 Å². The molecule has 0 saturated heterocycles. The zero-order valence-corrected chi connectivity index (χ0v) is 14.2. The van der Waals surface area contributed by atoms with E-state index >= 15 is 0 Å². The molecule has 0 aliphatic carbocycles. The van der Waals surface area contributed by atoms with Gasteiger partial charge in [-0.3, -0.25) is 0 Å². The first kappa shape index (κ1) is 18.2. The van der Waals surface area contributed by atoms with Gasteiger partial charge in [0.2, 0.25) is 0 Å². The van der Waals surface area contributed by atoms with Gasteiger partial charge < -0.3 is 4.74 Å². The van der Waals surface area contributed by atoms with Crippen molar-refractivity contribution in [2.24, 2.45) is 0 Å². The second-order valence-electron chi connectivity index (χ2n) is 6.09. The Morgan fingerprint density at radius 2 is 1.48 bits per heavy atom. The second kappa shape index (κ2) is 12.9. The number of unbranched alkanes of at least 4 members (excludes halogenated alkanes) is 6. The van der Waals surface area contributed by atoms with Gasteiger partial charge in [0.25, 0.3) is 0 Å². The molecule has 0 amide bonds. The number of hydrogen-bond acceptors (Lipinski definition) is 1. The molecule has 0 heterocycles. The van der Waals surface area contributed by atoms with Gasteiger partial charge in [-0.15, -0.1) is 0 Å². The number of benzene rings is 1. The Kier molecular flexibility index (Phi) is 11.2. The van der Waals surface area contributed by atoms with Crippen LogP contribution < -0.4 is 0 Å². The zero-order valence-electron chi connectivity index (χ0n) is 14.2. The molecule has 1 atom stereocenters. The summed E-state index contributed by atoms with van der Waals surface area (Å²) >= 11 is 0. The maximum Gasteiger partial charge on any atom is 0.0615 e. The van der Waals surface area contributed by atoms with Crippen LogP contribution in [0.1, 0.15) is 77.2 Å². The van der Waals surface area contributed by atoms with Gasteiger partial charge in [-0.25, -0.2) is 0 Å². The molecule has 0 bridgehead atoms. The molecule has 0 radical (unpaired) electrons. The van der Waals surface area contributed by atoms with E-state index in [1.165, 1.54) is 56.9 Å². The van der Waals surface area contributed by atoms with Crippen molar-refractivity contribution in [1.29, 1.82) is 0 Å². The van der Waals surface area contributed by atoms with Crippen molar-refractivity contribution >= 4 is 0 Å². The highest BCUT2D eigenvalue weighted by atomic mass is 16.5. The van der Waals surface area contributed by atoms with Crippen LogP contribution in [0.2, 0.25) is 0 Å². The van der Waals surface area contributed by atoms with Gasteiger partial charge >= 0.3 is 0 Å². The maximum absolute atomic E-state index is 6.04. The van der Waals surface area contributed by atoms with Crippen molar-refractivity contribution in [2.75, 3.05) is 6.61 Å². The molecule has 0 aromatic heterocycles. The minimum Gasteiger partial charge on any atom is -0.378 e. The fraction of sp³-hybridized carbons (Fsp3) is 0.700. The zero-order chi connectivity index (χ0) is 15.2. The molecular weight excluding hydrogens is 256 g/mol. The van der Waals surface area contributed by atoms with Gasteiger partial charge in [-0.1, -0.05) is 89.1 Å². The average molecular weight is 290 g/mol. The molecule has 120 valence electrons. The van der Waals surface area contributed by atoms with Crippen LogP contribution in [-0.4, -0.2) is 12.7 Å². The van der Waals surface area contributed by atoms with E-state index in [-0.39, 0.29) is 0 Å². The third-order valence-corrected chi connectivity index (χ3v) is 3.99. The van der Waals surface area contributed by atoms with Crippen molar-refractivity contribution in [2.45, 2.75) is 84.2 Å². The molecule has 0 N–H and O–H groups in total. The summed E-state index contributed by atoms with van der Waals surface area (Å²) < 4.78 is 6.04. The third kappa shape index (κ3) is 9.68. The first-order chi connectivity index (χ1) is 10.4. The highest BCUT2D eigenvalue weighted by Gasteiger charge is 2.09. The summed E-state index contributed by atoms with van der Waals surface area (Å²) in [5.41, 5.74) is 1.40. The van der Waals surface area contributed by atoms with Crippen LogP contribution in [0.4, 0.5) is 0 Å². The Morgan fingerprint density at radius 1 is 0.810 bits per heavy atom. The standard InChI is InChI=1S/C20H34O/c1-3-5-6-7-8-9-13-16-20(21-17-4-2)18-19-14-11-10-12-15-19/h10-12,14-15,20H,3-9,13,16-18H2,1-2H3. The summed E-state index contributed by atoms with van der Waals surface area (Å²) in [6.45, 7) is 5.36. The van der Waals surface area contributed by atoms with Gasteiger partial charge in [-0.2, -0.15) is 0 Å². The first-order valence-electron chi connectivity index (χ1n) is 9.02. The summed E-state index contributed by atoms with van der Waals surface area (Å²) in [7, 11) is 0. The molecule has 0 aliphatic heterocycles. The Bertz CT molecular complexity index is 320. The molecule has 1 nitrogen and oxygen atoms in total. The third-order valence-electron chi connectivity index (χ3n) is 3.99. The molecule has 1 aromatic rings. The molecule has 21 heavy (non-hydrogen) atoms. The Morgan fingerprint density at radius 3 is 2.14 bits per heavy atom. The van der Waals surface area contributed by atoms with Crippen LogP contribution in [-0.2, 0) is 11.2 Å². The van der Waals surface area contributed by atoms with Gasteiger partial charge in [0.05, 0.1) is 6.10 Å². The lowest BCUT2D eigenvalue weighted by Crippen LogP contribution is -2.16. The van der Waals surface area contributed by atoms with Crippen LogP contribution in [0.5, 0.6) is 0 Å². The van der Waals surface area contributed by atoms with E-state index in [4.69, 9.17) is 4.74 Å². The first-order valence-corrected chi connectivity index (χ1v) is 9.02. The summed E-state index contributed by atoms with van der Waals surface area (Å²) in [5, 5.41) is 0. The predicted octanol–water partition coefficient (Wildman–Crippen LogP) is 6.17. The highest BCUT2D eigenvalue weighted by molar-refractivity contribution is 5.15. The van der Waals surface area contributed by atoms with Gasteiger partial charge in [0, 0.05) is 6.61 Å². The molecule has 0 aliphatic rings. The number of ether oxygens (including phenoxy) is 1. The van der Waals surface area contributed by atoms with Crippen molar-refractivity contribution in [3.05, 3.63) is 35.9 Å². The quantitative estimate of drug-likeness (QED) is 0.395. The number of rotatable bonds is 13. The molecule has 1 rings (SSSR count). The largest absolute Gasteiger partial charge is 0.378 e. The molecule has 0 saturated carbocycles. The van der Waals surface area contributed by atoms with Crippen molar-refractivity contribution < 1.29 is 4.74 Å². The Hall–Kier alpha value is -0.820.